The second-order valence-electron chi connectivity index (χ2n) is 5.06. The Morgan fingerprint density at radius 3 is 2.62 bits per heavy atom. The Balaban J connectivity index is 1.96. The summed E-state index contributed by atoms with van der Waals surface area (Å²) in [4.78, 5) is 12.1. The molecule has 1 N–H and O–H groups in total. The van der Waals surface area contributed by atoms with Gasteiger partial charge in [-0.1, -0.05) is 23.8 Å². The number of rotatable bonds is 3. The molecule has 0 saturated carbocycles. The fourth-order valence-corrected chi connectivity index (χ4v) is 2.44. The first kappa shape index (κ1) is 13.4. The second-order valence-corrected chi connectivity index (χ2v) is 5.06. The Bertz CT molecular complexity index is 714. The van der Waals surface area contributed by atoms with Crippen molar-refractivity contribution in [1.82, 2.24) is 0 Å². The predicted octanol–water partition coefficient (Wildman–Crippen LogP) is 3.89. The minimum Gasteiger partial charge on any atom is -0.494 e. The van der Waals surface area contributed by atoms with Gasteiger partial charge in [0.1, 0.15) is 5.75 Å². The Hall–Kier alpha value is -2.55. The summed E-state index contributed by atoms with van der Waals surface area (Å²) in [5.74, 6) is 0.788. The van der Waals surface area contributed by atoms with Gasteiger partial charge in [-0.25, -0.2) is 0 Å². The normalized spacial score (nSPS) is 15.0. The third-order valence-electron chi connectivity index (χ3n) is 3.46. The molecule has 0 fully saturated rings. The summed E-state index contributed by atoms with van der Waals surface area (Å²) in [6.45, 7) is 4.63. The second kappa shape index (κ2) is 5.44. The van der Waals surface area contributed by atoms with E-state index in [2.05, 4.69) is 5.32 Å². The number of ether oxygens (including phenoxy) is 1. The molecule has 0 aromatic heterocycles. The lowest BCUT2D eigenvalue weighted by Crippen LogP contribution is -2.03. The van der Waals surface area contributed by atoms with Crippen LogP contribution >= 0.6 is 0 Å². The van der Waals surface area contributed by atoms with Gasteiger partial charge < -0.3 is 10.1 Å². The number of nitrogens with one attached hydrogen (secondary N) is 1. The first-order chi connectivity index (χ1) is 10.2. The van der Waals surface area contributed by atoms with Gasteiger partial charge in [-0.05, 0) is 49.8 Å². The topological polar surface area (TPSA) is 38.3 Å². The van der Waals surface area contributed by atoms with E-state index in [9.17, 15) is 4.79 Å². The first-order valence-corrected chi connectivity index (χ1v) is 7.04. The molecule has 1 aliphatic heterocycles. The highest BCUT2D eigenvalue weighted by molar-refractivity contribution is 6.34. The maximum absolute atomic E-state index is 12.1. The highest BCUT2D eigenvalue weighted by Gasteiger charge is 2.23. The largest absolute Gasteiger partial charge is 0.494 e. The van der Waals surface area contributed by atoms with E-state index in [1.807, 2.05) is 62.4 Å². The summed E-state index contributed by atoms with van der Waals surface area (Å²) in [5, 5.41) is 2.89. The van der Waals surface area contributed by atoms with E-state index in [1.165, 1.54) is 0 Å². The molecule has 1 aliphatic rings. The van der Waals surface area contributed by atoms with Crippen molar-refractivity contribution in [3.8, 4) is 5.75 Å². The number of benzene rings is 2. The van der Waals surface area contributed by atoms with E-state index in [0.29, 0.717) is 12.2 Å². The molecule has 106 valence electrons. The van der Waals surface area contributed by atoms with Crippen LogP contribution in [-0.4, -0.2) is 12.5 Å². The molecule has 0 bridgehead atoms. The maximum Gasteiger partial charge on any atom is 0.256 e. The Morgan fingerprint density at radius 2 is 1.90 bits per heavy atom. The average Bonchev–Trinajstić information content (AvgIpc) is 2.77. The van der Waals surface area contributed by atoms with E-state index >= 15 is 0 Å². The maximum atomic E-state index is 12.1. The lowest BCUT2D eigenvalue weighted by molar-refractivity contribution is -0.110. The number of fused-ring (bicyclic) bond motifs is 1. The van der Waals surface area contributed by atoms with E-state index in [-0.39, 0.29) is 5.91 Å². The van der Waals surface area contributed by atoms with Gasteiger partial charge >= 0.3 is 0 Å². The lowest BCUT2D eigenvalue weighted by atomic mass is 10.0. The number of anilines is 1. The van der Waals surface area contributed by atoms with Gasteiger partial charge in [0.25, 0.3) is 5.91 Å². The summed E-state index contributed by atoms with van der Waals surface area (Å²) in [5.41, 5.74) is 4.68. The molecule has 0 radical (unpaired) electrons. The summed E-state index contributed by atoms with van der Waals surface area (Å²) in [6.07, 6.45) is 1.91. The van der Waals surface area contributed by atoms with Crippen molar-refractivity contribution in [1.29, 1.82) is 0 Å². The molecule has 0 atom stereocenters. The van der Waals surface area contributed by atoms with E-state index in [1.54, 1.807) is 0 Å². The highest BCUT2D eigenvalue weighted by atomic mass is 16.5. The number of carbonyl (C=O) groups excluding carboxylic acids is 1. The lowest BCUT2D eigenvalue weighted by Gasteiger charge is -2.03. The summed E-state index contributed by atoms with van der Waals surface area (Å²) in [7, 11) is 0. The number of aryl methyl sites for hydroxylation is 1. The van der Waals surface area contributed by atoms with E-state index in [0.717, 1.165) is 28.1 Å². The molecular weight excluding hydrogens is 262 g/mol. The van der Waals surface area contributed by atoms with Crippen LogP contribution in [0.5, 0.6) is 5.75 Å². The summed E-state index contributed by atoms with van der Waals surface area (Å²) in [6, 6.07) is 13.7. The third-order valence-corrected chi connectivity index (χ3v) is 3.46. The quantitative estimate of drug-likeness (QED) is 0.866. The number of hydrogen-bond acceptors (Lipinski definition) is 2. The van der Waals surface area contributed by atoms with Gasteiger partial charge in [-0.3, -0.25) is 4.79 Å². The molecule has 0 spiro atoms. The van der Waals surface area contributed by atoms with E-state index in [4.69, 9.17) is 4.74 Å². The number of hydrogen-bond donors (Lipinski definition) is 1. The summed E-state index contributed by atoms with van der Waals surface area (Å²) >= 11 is 0. The van der Waals surface area contributed by atoms with Crippen LogP contribution in [0.15, 0.2) is 42.5 Å². The van der Waals surface area contributed by atoms with Crippen molar-refractivity contribution >= 4 is 23.2 Å². The van der Waals surface area contributed by atoms with Gasteiger partial charge in [0.2, 0.25) is 0 Å². The minimum absolute atomic E-state index is 0.0514. The smallest absolute Gasteiger partial charge is 0.256 e. The van der Waals surface area contributed by atoms with Crippen molar-refractivity contribution in [2.24, 2.45) is 0 Å². The molecule has 3 heteroatoms. The van der Waals surface area contributed by atoms with E-state index < -0.39 is 0 Å². The fourth-order valence-electron chi connectivity index (χ4n) is 2.44. The monoisotopic (exact) mass is 279 g/mol. The summed E-state index contributed by atoms with van der Waals surface area (Å²) < 4.78 is 5.42. The fraction of sp³-hybridized carbons (Fsp3) is 0.167. The molecule has 2 aromatic rings. The molecule has 3 nitrogen and oxygen atoms in total. The van der Waals surface area contributed by atoms with Crippen molar-refractivity contribution in [2.75, 3.05) is 11.9 Å². The van der Waals surface area contributed by atoms with Crippen LogP contribution in [0.2, 0.25) is 0 Å². The van der Waals surface area contributed by atoms with Crippen LogP contribution in [0.4, 0.5) is 5.69 Å². The molecule has 0 aliphatic carbocycles. The average molecular weight is 279 g/mol. The first-order valence-electron chi connectivity index (χ1n) is 7.04. The van der Waals surface area contributed by atoms with Gasteiger partial charge in [-0.15, -0.1) is 0 Å². The highest BCUT2D eigenvalue weighted by Crippen LogP contribution is 2.33. The predicted molar refractivity (Wildman–Crippen MR) is 85.3 cm³/mol. The zero-order chi connectivity index (χ0) is 14.8. The Labute approximate surface area is 124 Å². The van der Waals surface area contributed by atoms with Crippen molar-refractivity contribution in [2.45, 2.75) is 13.8 Å². The molecule has 21 heavy (non-hydrogen) atoms. The molecule has 1 heterocycles. The zero-order valence-corrected chi connectivity index (χ0v) is 12.1. The molecule has 0 saturated heterocycles. The van der Waals surface area contributed by atoms with Gasteiger partial charge in [-0.2, -0.15) is 0 Å². The SMILES string of the molecule is CCOc1ccc(/C=C2\C(=O)Nc3ccc(C)cc32)cc1. The minimum atomic E-state index is -0.0514. The Kier molecular flexibility index (Phi) is 3.48. The number of amides is 1. The van der Waals surface area contributed by atoms with Crippen molar-refractivity contribution in [3.63, 3.8) is 0 Å². The van der Waals surface area contributed by atoms with Crippen LogP contribution in [0.3, 0.4) is 0 Å². The number of carbonyl (C=O) groups is 1. The molecule has 0 unspecified atom stereocenters. The van der Waals surface area contributed by atoms with Crippen LogP contribution < -0.4 is 10.1 Å². The molecule has 2 aromatic carbocycles. The van der Waals surface area contributed by atoms with Crippen molar-refractivity contribution in [3.05, 3.63) is 59.2 Å². The van der Waals surface area contributed by atoms with Crippen LogP contribution in [-0.2, 0) is 4.79 Å². The van der Waals surface area contributed by atoms with Crippen LogP contribution in [0, 0.1) is 6.92 Å². The van der Waals surface area contributed by atoms with Crippen molar-refractivity contribution < 1.29 is 9.53 Å². The standard InChI is InChI=1S/C18H17NO2/c1-3-21-14-7-5-13(6-8-14)11-16-15-10-12(2)4-9-17(15)19-18(16)20/h4-11H,3H2,1-2H3,(H,19,20)/b16-11-. The van der Waals surface area contributed by atoms with Gasteiger partial charge in [0, 0.05) is 16.8 Å². The molecule has 3 rings (SSSR count). The zero-order valence-electron chi connectivity index (χ0n) is 12.1. The molecular formula is C18H17NO2. The third kappa shape index (κ3) is 2.68. The van der Waals surface area contributed by atoms with Crippen LogP contribution in [0.25, 0.3) is 11.6 Å². The Morgan fingerprint density at radius 1 is 1.14 bits per heavy atom. The molecule has 1 amide bonds. The van der Waals surface area contributed by atoms with Crippen LogP contribution in [0.1, 0.15) is 23.6 Å². The van der Waals surface area contributed by atoms with Gasteiger partial charge in [0.15, 0.2) is 0 Å². The van der Waals surface area contributed by atoms with Gasteiger partial charge in [0.05, 0.1) is 6.61 Å².